The van der Waals surface area contributed by atoms with Gasteiger partial charge >= 0.3 is 0 Å². The van der Waals surface area contributed by atoms with E-state index in [0.717, 1.165) is 25.3 Å². The third-order valence-corrected chi connectivity index (χ3v) is 8.02. The van der Waals surface area contributed by atoms with Crippen molar-refractivity contribution in [2.45, 2.75) is 115 Å². The molecular weight excluding hydrogens is 464 g/mol. The van der Waals surface area contributed by atoms with Crippen molar-refractivity contribution in [1.82, 2.24) is 24.4 Å². The lowest BCUT2D eigenvalue weighted by molar-refractivity contribution is -0.378. The van der Waals surface area contributed by atoms with Gasteiger partial charge in [-0.15, -0.1) is 0 Å². The van der Waals surface area contributed by atoms with Crippen molar-refractivity contribution in [1.29, 1.82) is 0 Å². The van der Waals surface area contributed by atoms with E-state index in [0.29, 0.717) is 29.1 Å². The van der Waals surface area contributed by atoms with Crippen LogP contribution in [0.1, 0.15) is 66.5 Å². The van der Waals surface area contributed by atoms with Crippen LogP contribution in [0.5, 0.6) is 0 Å². The maximum atomic E-state index is 6.65. The Kier molecular flexibility index (Phi) is 6.21. The van der Waals surface area contributed by atoms with Gasteiger partial charge in [0.15, 0.2) is 36.1 Å². The van der Waals surface area contributed by atoms with Gasteiger partial charge < -0.3 is 29.4 Å². The van der Waals surface area contributed by atoms with E-state index in [1.165, 1.54) is 19.2 Å². The number of anilines is 1. The Bertz CT molecular complexity index is 1080. The lowest BCUT2D eigenvalue weighted by atomic mass is 9.76. The molecule has 4 aliphatic rings. The zero-order valence-electron chi connectivity index (χ0n) is 21.7. The molecule has 0 radical (unpaired) electrons. The fourth-order valence-corrected chi connectivity index (χ4v) is 6.23. The Labute approximate surface area is 211 Å². The number of aromatic nitrogens is 4. The molecule has 2 aromatic rings. The molecule has 36 heavy (non-hydrogen) atoms. The van der Waals surface area contributed by atoms with Gasteiger partial charge in [-0.3, -0.25) is 9.47 Å². The minimum Gasteiger partial charge on any atom is -0.382 e. The highest BCUT2D eigenvalue weighted by Gasteiger charge is 2.57. The van der Waals surface area contributed by atoms with Crippen molar-refractivity contribution in [2.75, 3.05) is 12.3 Å². The SMILES string of the molecule is CC1OC(CCC2CC(N(C[C@H]3O[C@@H](n4cnc5c(N)ncnc54)[C@@H]4OC(C)(C)O[C@@H]43)C(C)C)C2)O1. The first-order valence-corrected chi connectivity index (χ1v) is 13.2. The second-order valence-electron chi connectivity index (χ2n) is 11.3. The highest BCUT2D eigenvalue weighted by atomic mass is 16.9. The summed E-state index contributed by atoms with van der Waals surface area (Å²) in [7, 11) is 0. The molecule has 2 aromatic heterocycles. The number of nitrogen functional groups attached to an aromatic ring is 1. The molecule has 4 fully saturated rings. The van der Waals surface area contributed by atoms with Crippen LogP contribution in [0.25, 0.3) is 11.2 Å². The van der Waals surface area contributed by atoms with E-state index >= 15 is 0 Å². The molecule has 0 unspecified atom stereocenters. The molecule has 11 heteroatoms. The fourth-order valence-electron chi connectivity index (χ4n) is 6.23. The van der Waals surface area contributed by atoms with Crippen LogP contribution in [0, 0.1) is 5.92 Å². The van der Waals surface area contributed by atoms with Crippen molar-refractivity contribution >= 4 is 17.0 Å². The second kappa shape index (κ2) is 9.14. The number of ether oxygens (including phenoxy) is 5. The first-order valence-electron chi connectivity index (χ1n) is 13.2. The normalized spacial score (nSPS) is 37.4. The number of nitrogens with two attached hydrogens (primary N) is 1. The molecule has 6 rings (SSSR count). The Balaban J connectivity index is 1.15. The van der Waals surface area contributed by atoms with Crippen LogP contribution in [0.4, 0.5) is 5.82 Å². The Hall–Kier alpha value is -1.89. The number of hydrogen-bond acceptors (Lipinski definition) is 10. The molecule has 2 N–H and O–H groups in total. The van der Waals surface area contributed by atoms with Crippen molar-refractivity contribution < 1.29 is 23.7 Å². The molecule has 0 spiro atoms. The van der Waals surface area contributed by atoms with E-state index in [1.54, 1.807) is 6.33 Å². The van der Waals surface area contributed by atoms with Crippen LogP contribution in [0.15, 0.2) is 12.7 Å². The lowest BCUT2D eigenvalue weighted by Gasteiger charge is -2.46. The molecule has 5 heterocycles. The van der Waals surface area contributed by atoms with Crippen molar-refractivity contribution in [3.05, 3.63) is 12.7 Å². The molecule has 3 aliphatic heterocycles. The van der Waals surface area contributed by atoms with Crippen LogP contribution >= 0.6 is 0 Å². The second-order valence-corrected chi connectivity index (χ2v) is 11.3. The van der Waals surface area contributed by atoms with Crippen LogP contribution in [0.2, 0.25) is 0 Å². The maximum Gasteiger partial charge on any atom is 0.167 e. The molecule has 1 saturated carbocycles. The summed E-state index contributed by atoms with van der Waals surface area (Å²) in [6.45, 7) is 11.1. The Morgan fingerprint density at radius 2 is 1.83 bits per heavy atom. The van der Waals surface area contributed by atoms with Gasteiger partial charge in [0.05, 0.1) is 6.33 Å². The highest BCUT2D eigenvalue weighted by molar-refractivity contribution is 5.81. The van der Waals surface area contributed by atoms with Crippen LogP contribution in [0.3, 0.4) is 0 Å². The smallest absolute Gasteiger partial charge is 0.167 e. The van der Waals surface area contributed by atoms with E-state index in [2.05, 4.69) is 33.7 Å². The van der Waals surface area contributed by atoms with E-state index in [4.69, 9.17) is 29.4 Å². The van der Waals surface area contributed by atoms with Gasteiger partial charge in [0.1, 0.15) is 30.2 Å². The summed E-state index contributed by atoms with van der Waals surface area (Å²) < 4.78 is 32.5. The summed E-state index contributed by atoms with van der Waals surface area (Å²) in [5, 5.41) is 0. The molecule has 0 aromatic carbocycles. The summed E-state index contributed by atoms with van der Waals surface area (Å²) in [5.41, 5.74) is 7.22. The van der Waals surface area contributed by atoms with Gasteiger partial charge in [0.2, 0.25) is 0 Å². The molecule has 0 bridgehead atoms. The lowest BCUT2D eigenvalue weighted by Crippen LogP contribution is -2.52. The minimum absolute atomic E-state index is 0.0104. The maximum absolute atomic E-state index is 6.65. The van der Waals surface area contributed by atoms with Gasteiger partial charge in [-0.1, -0.05) is 0 Å². The largest absolute Gasteiger partial charge is 0.382 e. The van der Waals surface area contributed by atoms with Crippen LogP contribution < -0.4 is 5.73 Å². The average Bonchev–Trinajstić information content (AvgIpc) is 3.42. The van der Waals surface area contributed by atoms with Gasteiger partial charge in [0, 0.05) is 18.6 Å². The van der Waals surface area contributed by atoms with Gasteiger partial charge in [-0.05, 0) is 66.2 Å². The molecule has 4 atom stereocenters. The monoisotopic (exact) mass is 502 g/mol. The van der Waals surface area contributed by atoms with E-state index in [-0.39, 0.29) is 30.9 Å². The number of nitrogens with zero attached hydrogens (tertiary/aromatic N) is 5. The molecule has 198 valence electrons. The van der Waals surface area contributed by atoms with Gasteiger partial charge in [-0.2, -0.15) is 0 Å². The van der Waals surface area contributed by atoms with Crippen molar-refractivity contribution in [3.8, 4) is 0 Å². The third kappa shape index (κ3) is 4.39. The number of rotatable bonds is 8. The number of fused-ring (bicyclic) bond motifs is 2. The third-order valence-electron chi connectivity index (χ3n) is 8.02. The Morgan fingerprint density at radius 1 is 1.08 bits per heavy atom. The highest BCUT2D eigenvalue weighted by Crippen LogP contribution is 2.45. The molecule has 3 saturated heterocycles. The summed E-state index contributed by atoms with van der Waals surface area (Å²) >= 11 is 0. The molecule has 1 aliphatic carbocycles. The zero-order valence-corrected chi connectivity index (χ0v) is 21.7. The van der Waals surface area contributed by atoms with E-state index in [9.17, 15) is 0 Å². The topological polar surface area (TPSA) is 119 Å². The van der Waals surface area contributed by atoms with Crippen molar-refractivity contribution in [2.24, 2.45) is 5.92 Å². The predicted molar refractivity (Wildman–Crippen MR) is 130 cm³/mol. The minimum atomic E-state index is -0.687. The number of hydrogen-bond donors (Lipinski definition) is 1. The molecule has 0 amide bonds. The molecular formula is C25H38N6O5. The summed E-state index contributed by atoms with van der Waals surface area (Å²) in [6.07, 6.45) is 6.61. The summed E-state index contributed by atoms with van der Waals surface area (Å²) in [6, 6.07) is 0.934. The Morgan fingerprint density at radius 3 is 2.56 bits per heavy atom. The average molecular weight is 503 g/mol. The standard InChI is InChI=1S/C25H38N6O5/c1-13(2)30(16-8-15(9-16)6-7-18-32-14(3)33-18)10-17-20-21(36-25(4,5)35-20)24(34-17)31-12-29-19-22(26)27-11-28-23(19)31/h11-18,20-21,24H,6-10H2,1-5H3,(H2,26,27,28)/t14?,15?,16?,17-,18?,20-,21-,24-/m1/s1. The fraction of sp³-hybridized carbons (Fsp3) is 0.800. The summed E-state index contributed by atoms with van der Waals surface area (Å²) in [5.74, 6) is 0.383. The van der Waals surface area contributed by atoms with E-state index in [1.807, 2.05) is 25.3 Å². The van der Waals surface area contributed by atoms with Gasteiger partial charge in [0.25, 0.3) is 0 Å². The first-order chi connectivity index (χ1) is 17.2. The van der Waals surface area contributed by atoms with Crippen molar-refractivity contribution in [3.63, 3.8) is 0 Å². The number of imidazole rings is 1. The zero-order chi connectivity index (χ0) is 25.2. The first kappa shape index (κ1) is 24.4. The van der Waals surface area contributed by atoms with E-state index < -0.39 is 12.0 Å². The molecule has 11 nitrogen and oxygen atoms in total. The van der Waals surface area contributed by atoms with Crippen LogP contribution in [-0.4, -0.2) is 79.7 Å². The quantitative estimate of drug-likeness (QED) is 0.577. The predicted octanol–water partition coefficient (Wildman–Crippen LogP) is 2.81. The van der Waals surface area contributed by atoms with Crippen LogP contribution in [-0.2, 0) is 23.7 Å². The summed E-state index contributed by atoms with van der Waals surface area (Å²) in [4.78, 5) is 15.5. The van der Waals surface area contributed by atoms with Gasteiger partial charge in [-0.25, -0.2) is 15.0 Å².